The first-order valence-electron chi connectivity index (χ1n) is 6.54. The molecule has 1 aromatic heterocycles. The number of thiophene rings is 1. The van der Waals surface area contributed by atoms with E-state index in [-0.39, 0.29) is 23.5 Å². The van der Waals surface area contributed by atoms with Crippen molar-refractivity contribution in [1.29, 1.82) is 0 Å². The van der Waals surface area contributed by atoms with Crippen LogP contribution in [-0.4, -0.2) is 43.0 Å². The number of nitrogen functional groups attached to an aromatic ring is 1. The highest BCUT2D eigenvalue weighted by Crippen LogP contribution is 2.39. The number of anilines is 2. The molecule has 0 saturated carbocycles. The van der Waals surface area contributed by atoms with Gasteiger partial charge in [0, 0.05) is 27.1 Å². The van der Waals surface area contributed by atoms with Crippen molar-refractivity contribution in [2.75, 3.05) is 30.8 Å². The number of amides is 1. The molecule has 4 N–H and O–H groups in total. The average molecular weight is 297 g/mol. The predicted molar refractivity (Wildman–Crippen MR) is 79.6 cm³/mol. The maximum atomic E-state index is 12.0. The Morgan fingerprint density at radius 1 is 1.40 bits per heavy atom. The number of nitrogens with two attached hydrogens (primary N) is 1. The van der Waals surface area contributed by atoms with E-state index < -0.39 is 0 Å². The highest BCUT2D eigenvalue weighted by atomic mass is 32.1. The molecule has 2 heterocycles. The average Bonchev–Trinajstić information content (AvgIpc) is 2.76. The second kappa shape index (κ2) is 5.80. The van der Waals surface area contributed by atoms with Gasteiger partial charge in [0.15, 0.2) is 5.78 Å². The first kappa shape index (κ1) is 14.8. The number of aliphatic hydroxyl groups excluding tert-OH is 1. The van der Waals surface area contributed by atoms with E-state index in [4.69, 9.17) is 5.73 Å². The summed E-state index contributed by atoms with van der Waals surface area (Å²) in [7, 11) is 1.54. The Bertz CT molecular complexity index is 533. The Morgan fingerprint density at radius 2 is 2.00 bits per heavy atom. The molecule has 7 heteroatoms. The van der Waals surface area contributed by atoms with Gasteiger partial charge in [-0.1, -0.05) is 0 Å². The number of piperidine rings is 1. The molecular weight excluding hydrogens is 278 g/mol. The summed E-state index contributed by atoms with van der Waals surface area (Å²) in [6.45, 7) is 2.75. The molecule has 1 amide bonds. The van der Waals surface area contributed by atoms with Crippen LogP contribution in [0.2, 0.25) is 0 Å². The first-order valence-corrected chi connectivity index (χ1v) is 7.35. The lowest BCUT2D eigenvalue weighted by molar-refractivity contribution is 0.0964. The van der Waals surface area contributed by atoms with Gasteiger partial charge in [0.1, 0.15) is 5.00 Å². The second-order valence-electron chi connectivity index (χ2n) is 4.88. The number of nitrogens with zero attached hydrogens (tertiary/aromatic N) is 1. The monoisotopic (exact) mass is 297 g/mol. The maximum Gasteiger partial charge on any atom is 0.256 e. The van der Waals surface area contributed by atoms with Crippen LogP contribution in [0.3, 0.4) is 0 Å². The van der Waals surface area contributed by atoms with Gasteiger partial charge in [0.25, 0.3) is 5.91 Å². The molecule has 0 aliphatic carbocycles. The number of hydrogen-bond donors (Lipinski definition) is 3. The van der Waals surface area contributed by atoms with E-state index in [1.54, 1.807) is 0 Å². The van der Waals surface area contributed by atoms with Crippen LogP contribution in [0.1, 0.15) is 39.8 Å². The van der Waals surface area contributed by atoms with E-state index in [1.807, 2.05) is 4.90 Å². The van der Waals surface area contributed by atoms with E-state index in [9.17, 15) is 14.7 Å². The predicted octanol–water partition coefficient (Wildman–Crippen LogP) is 0.854. The van der Waals surface area contributed by atoms with Crippen LogP contribution in [0.15, 0.2) is 0 Å². The molecule has 1 saturated heterocycles. The third-order valence-electron chi connectivity index (χ3n) is 3.45. The van der Waals surface area contributed by atoms with E-state index >= 15 is 0 Å². The van der Waals surface area contributed by atoms with Crippen LogP contribution in [0.25, 0.3) is 0 Å². The number of nitrogens with one attached hydrogen (secondary N) is 1. The van der Waals surface area contributed by atoms with Crippen LogP contribution >= 0.6 is 11.3 Å². The van der Waals surface area contributed by atoms with Gasteiger partial charge in [-0.2, -0.15) is 0 Å². The molecular formula is C13H19N3O3S. The number of hydrogen-bond acceptors (Lipinski definition) is 6. The zero-order valence-electron chi connectivity index (χ0n) is 11.6. The molecule has 1 aliphatic rings. The summed E-state index contributed by atoms with van der Waals surface area (Å²) in [6.07, 6.45) is 1.01. The maximum absolute atomic E-state index is 12.0. The summed E-state index contributed by atoms with van der Waals surface area (Å²) in [6, 6.07) is 0. The Morgan fingerprint density at radius 3 is 2.50 bits per heavy atom. The van der Waals surface area contributed by atoms with E-state index in [1.165, 1.54) is 25.3 Å². The van der Waals surface area contributed by atoms with Crippen LogP contribution in [0.4, 0.5) is 10.7 Å². The van der Waals surface area contributed by atoms with Crippen molar-refractivity contribution in [2.45, 2.75) is 25.9 Å². The first-order chi connectivity index (χ1) is 9.45. The zero-order chi connectivity index (χ0) is 14.9. The van der Waals surface area contributed by atoms with E-state index in [0.29, 0.717) is 36.4 Å². The quantitative estimate of drug-likeness (QED) is 0.719. The topological polar surface area (TPSA) is 95.7 Å². The Labute approximate surface area is 121 Å². The van der Waals surface area contributed by atoms with Crippen molar-refractivity contribution in [3.8, 4) is 0 Å². The fourth-order valence-electron chi connectivity index (χ4n) is 2.33. The molecule has 2 rings (SSSR count). The van der Waals surface area contributed by atoms with Crippen LogP contribution in [0, 0.1) is 0 Å². The summed E-state index contributed by atoms with van der Waals surface area (Å²) < 4.78 is 0. The number of aliphatic hydroxyl groups is 1. The molecule has 0 spiro atoms. The minimum Gasteiger partial charge on any atom is -0.397 e. The van der Waals surface area contributed by atoms with Crippen LogP contribution < -0.4 is 16.0 Å². The molecule has 1 aromatic rings. The third-order valence-corrected chi connectivity index (χ3v) is 4.82. The molecule has 6 nitrogen and oxygen atoms in total. The number of carbonyl (C=O) groups excluding carboxylic acids is 2. The fraction of sp³-hybridized carbons (Fsp3) is 0.538. The van der Waals surface area contributed by atoms with Gasteiger partial charge in [0.05, 0.1) is 22.2 Å². The van der Waals surface area contributed by atoms with E-state index in [0.717, 1.165) is 5.00 Å². The van der Waals surface area contributed by atoms with E-state index in [2.05, 4.69) is 5.32 Å². The van der Waals surface area contributed by atoms with Gasteiger partial charge in [-0.3, -0.25) is 9.59 Å². The number of rotatable bonds is 3. The summed E-state index contributed by atoms with van der Waals surface area (Å²) >= 11 is 1.25. The Hall–Kier alpha value is -1.60. The van der Waals surface area contributed by atoms with Gasteiger partial charge < -0.3 is 21.1 Å². The SMILES string of the molecule is CNC(=O)c1c(N2CCC(O)CC2)sc(C(C)=O)c1N. The molecule has 0 atom stereocenters. The van der Waals surface area contributed by atoms with Crippen LogP contribution in [-0.2, 0) is 0 Å². The van der Waals surface area contributed by atoms with Gasteiger partial charge in [-0.05, 0) is 12.8 Å². The standard InChI is InChI=1S/C13H19N3O3S/c1-7(17)11-10(14)9(12(19)15-2)13(20-11)16-5-3-8(18)4-6-16/h8,18H,3-6,14H2,1-2H3,(H,15,19). The van der Waals surface area contributed by atoms with Gasteiger partial charge >= 0.3 is 0 Å². The zero-order valence-corrected chi connectivity index (χ0v) is 12.4. The fourth-order valence-corrected chi connectivity index (χ4v) is 3.49. The minimum atomic E-state index is -0.292. The Balaban J connectivity index is 2.43. The van der Waals surface area contributed by atoms with Crippen molar-refractivity contribution in [3.63, 3.8) is 0 Å². The molecule has 0 aromatic carbocycles. The smallest absolute Gasteiger partial charge is 0.256 e. The number of Topliss-reactive ketones (excluding diaryl/α,β-unsaturated/α-hetero) is 1. The largest absolute Gasteiger partial charge is 0.397 e. The van der Waals surface area contributed by atoms with Crippen molar-refractivity contribution in [2.24, 2.45) is 0 Å². The lowest BCUT2D eigenvalue weighted by Crippen LogP contribution is -2.36. The highest BCUT2D eigenvalue weighted by molar-refractivity contribution is 7.19. The van der Waals surface area contributed by atoms with Crippen molar-refractivity contribution in [1.82, 2.24) is 5.32 Å². The lowest BCUT2D eigenvalue weighted by Gasteiger charge is -2.30. The Kier molecular flexibility index (Phi) is 4.29. The molecule has 110 valence electrons. The summed E-state index contributed by atoms with van der Waals surface area (Å²) in [5.74, 6) is -0.423. The molecule has 0 radical (unpaired) electrons. The summed E-state index contributed by atoms with van der Waals surface area (Å²) in [4.78, 5) is 26.1. The molecule has 1 fully saturated rings. The summed E-state index contributed by atoms with van der Waals surface area (Å²) in [5, 5.41) is 12.8. The summed E-state index contributed by atoms with van der Waals surface area (Å²) in [5.41, 5.74) is 6.60. The molecule has 0 bridgehead atoms. The number of carbonyl (C=O) groups is 2. The second-order valence-corrected chi connectivity index (χ2v) is 5.88. The number of ketones is 1. The van der Waals surface area contributed by atoms with Crippen LogP contribution in [0.5, 0.6) is 0 Å². The minimum absolute atomic E-state index is 0.138. The lowest BCUT2D eigenvalue weighted by atomic mass is 10.1. The highest BCUT2D eigenvalue weighted by Gasteiger charge is 2.28. The molecule has 0 unspecified atom stereocenters. The van der Waals surface area contributed by atoms with Crippen molar-refractivity contribution < 1.29 is 14.7 Å². The van der Waals surface area contributed by atoms with Crippen molar-refractivity contribution in [3.05, 3.63) is 10.4 Å². The normalized spacial score (nSPS) is 16.2. The van der Waals surface area contributed by atoms with Gasteiger partial charge in [0.2, 0.25) is 0 Å². The van der Waals surface area contributed by atoms with Crippen molar-refractivity contribution >= 4 is 33.7 Å². The molecule has 20 heavy (non-hydrogen) atoms. The van der Waals surface area contributed by atoms with Gasteiger partial charge in [-0.15, -0.1) is 11.3 Å². The molecule has 1 aliphatic heterocycles. The van der Waals surface area contributed by atoms with Gasteiger partial charge in [-0.25, -0.2) is 0 Å². The third kappa shape index (κ3) is 2.64.